The van der Waals surface area contributed by atoms with E-state index >= 15 is 0 Å². The topological polar surface area (TPSA) is 25.2 Å². The van der Waals surface area contributed by atoms with Crippen LogP contribution in [0.15, 0.2) is 41.0 Å². The number of benzene rings is 1. The molecule has 3 heteroatoms. The van der Waals surface area contributed by atoms with E-state index in [9.17, 15) is 4.39 Å². The Labute approximate surface area is 87.7 Å². The monoisotopic (exact) mass is 205 g/mol. The first kappa shape index (κ1) is 9.93. The van der Waals surface area contributed by atoms with Crippen molar-refractivity contribution >= 4 is 0 Å². The summed E-state index contributed by atoms with van der Waals surface area (Å²) in [5, 5.41) is 3.01. The van der Waals surface area contributed by atoms with Crippen molar-refractivity contribution in [1.82, 2.24) is 5.32 Å². The van der Waals surface area contributed by atoms with E-state index in [-0.39, 0.29) is 5.82 Å². The van der Waals surface area contributed by atoms with Crippen molar-refractivity contribution in [3.05, 3.63) is 48.2 Å². The van der Waals surface area contributed by atoms with Crippen LogP contribution in [0.5, 0.6) is 0 Å². The minimum absolute atomic E-state index is 0.232. The van der Waals surface area contributed by atoms with Crippen molar-refractivity contribution in [3.63, 3.8) is 0 Å². The summed E-state index contributed by atoms with van der Waals surface area (Å²) in [4.78, 5) is 0. The van der Waals surface area contributed by atoms with Crippen LogP contribution < -0.4 is 5.32 Å². The Bertz CT molecular complexity index is 450. The normalized spacial score (nSPS) is 10.5. The summed E-state index contributed by atoms with van der Waals surface area (Å²) in [6.07, 6.45) is 1.62. The number of halogens is 1. The molecule has 0 aliphatic carbocycles. The number of nitrogens with one attached hydrogen (secondary N) is 1. The highest BCUT2D eigenvalue weighted by molar-refractivity contribution is 5.65. The summed E-state index contributed by atoms with van der Waals surface area (Å²) >= 11 is 0. The maximum absolute atomic E-state index is 13.0. The molecule has 0 amide bonds. The van der Waals surface area contributed by atoms with Gasteiger partial charge in [-0.05, 0) is 30.8 Å². The molecule has 0 aliphatic rings. The quantitative estimate of drug-likeness (QED) is 0.833. The van der Waals surface area contributed by atoms with Crippen molar-refractivity contribution < 1.29 is 8.81 Å². The minimum Gasteiger partial charge on any atom is -0.467 e. The molecule has 0 bridgehead atoms. The standard InChI is InChI=1S/C12H12FNO/c1-14-8-12-11(5-6-15-12)9-3-2-4-10(13)7-9/h2-7,14H,8H2,1H3. The summed E-state index contributed by atoms with van der Waals surface area (Å²) < 4.78 is 18.3. The molecule has 78 valence electrons. The maximum Gasteiger partial charge on any atom is 0.125 e. The summed E-state index contributed by atoms with van der Waals surface area (Å²) in [5.41, 5.74) is 1.78. The van der Waals surface area contributed by atoms with Crippen LogP contribution >= 0.6 is 0 Å². The van der Waals surface area contributed by atoms with Gasteiger partial charge >= 0.3 is 0 Å². The van der Waals surface area contributed by atoms with E-state index in [4.69, 9.17) is 4.42 Å². The van der Waals surface area contributed by atoms with Crippen LogP contribution in [0.25, 0.3) is 11.1 Å². The number of rotatable bonds is 3. The molecule has 15 heavy (non-hydrogen) atoms. The van der Waals surface area contributed by atoms with Gasteiger partial charge in [0, 0.05) is 5.56 Å². The molecule has 1 aromatic carbocycles. The van der Waals surface area contributed by atoms with Crippen molar-refractivity contribution in [1.29, 1.82) is 0 Å². The third kappa shape index (κ3) is 2.07. The van der Waals surface area contributed by atoms with Crippen LogP contribution in [0.3, 0.4) is 0 Å². The lowest BCUT2D eigenvalue weighted by molar-refractivity contribution is 0.496. The molecule has 0 saturated carbocycles. The SMILES string of the molecule is CNCc1occc1-c1cccc(F)c1. The Hall–Kier alpha value is -1.61. The molecule has 2 nitrogen and oxygen atoms in total. The predicted octanol–water partition coefficient (Wildman–Crippen LogP) is 2.81. The Morgan fingerprint density at radius 2 is 2.20 bits per heavy atom. The third-order valence-corrected chi connectivity index (χ3v) is 2.22. The van der Waals surface area contributed by atoms with Gasteiger partial charge in [0.1, 0.15) is 11.6 Å². The summed E-state index contributed by atoms with van der Waals surface area (Å²) in [5.74, 6) is 0.590. The van der Waals surface area contributed by atoms with E-state index in [2.05, 4.69) is 5.32 Å². The fraction of sp³-hybridized carbons (Fsp3) is 0.167. The third-order valence-electron chi connectivity index (χ3n) is 2.22. The predicted molar refractivity (Wildman–Crippen MR) is 56.9 cm³/mol. The molecule has 0 fully saturated rings. The van der Waals surface area contributed by atoms with Crippen LogP contribution in [0.1, 0.15) is 5.76 Å². The number of hydrogen-bond acceptors (Lipinski definition) is 2. The van der Waals surface area contributed by atoms with E-state index < -0.39 is 0 Å². The van der Waals surface area contributed by atoms with E-state index in [0.717, 1.165) is 16.9 Å². The van der Waals surface area contributed by atoms with Crippen LogP contribution in [0, 0.1) is 5.82 Å². The van der Waals surface area contributed by atoms with Gasteiger partial charge in [0.15, 0.2) is 0 Å². The minimum atomic E-state index is -0.232. The zero-order valence-electron chi connectivity index (χ0n) is 8.46. The first-order valence-corrected chi connectivity index (χ1v) is 4.78. The van der Waals surface area contributed by atoms with E-state index in [0.29, 0.717) is 6.54 Å². The van der Waals surface area contributed by atoms with Crippen LogP contribution in [-0.4, -0.2) is 7.05 Å². The molecule has 1 heterocycles. The van der Waals surface area contributed by atoms with Gasteiger partial charge in [0.25, 0.3) is 0 Å². The molecule has 0 saturated heterocycles. The molecule has 0 unspecified atom stereocenters. The molecular weight excluding hydrogens is 193 g/mol. The van der Waals surface area contributed by atoms with Crippen molar-refractivity contribution in [2.45, 2.75) is 6.54 Å². The van der Waals surface area contributed by atoms with Gasteiger partial charge in [-0.15, -0.1) is 0 Å². The summed E-state index contributed by atoms with van der Waals surface area (Å²) in [6, 6.07) is 8.35. The lowest BCUT2D eigenvalue weighted by Gasteiger charge is -2.02. The molecule has 0 atom stereocenters. The van der Waals surface area contributed by atoms with Gasteiger partial charge in [-0.1, -0.05) is 12.1 Å². The van der Waals surface area contributed by atoms with Crippen molar-refractivity contribution in [2.75, 3.05) is 7.05 Å². The number of hydrogen-bond donors (Lipinski definition) is 1. The molecule has 1 N–H and O–H groups in total. The average molecular weight is 205 g/mol. The van der Waals surface area contributed by atoms with Crippen molar-refractivity contribution in [2.24, 2.45) is 0 Å². The Morgan fingerprint density at radius 3 is 2.93 bits per heavy atom. The van der Waals surface area contributed by atoms with E-state index in [1.165, 1.54) is 12.1 Å². The Kier molecular flexibility index (Phi) is 2.83. The molecule has 0 radical (unpaired) electrons. The highest BCUT2D eigenvalue weighted by Gasteiger charge is 2.07. The Balaban J connectivity index is 2.40. The average Bonchev–Trinajstić information content (AvgIpc) is 2.66. The zero-order chi connectivity index (χ0) is 10.7. The molecule has 0 spiro atoms. The largest absolute Gasteiger partial charge is 0.467 e. The summed E-state index contributed by atoms with van der Waals surface area (Å²) in [7, 11) is 1.85. The second kappa shape index (κ2) is 4.28. The van der Waals surface area contributed by atoms with Gasteiger partial charge < -0.3 is 9.73 Å². The second-order valence-corrected chi connectivity index (χ2v) is 3.30. The molecular formula is C12H12FNO. The second-order valence-electron chi connectivity index (χ2n) is 3.30. The summed E-state index contributed by atoms with van der Waals surface area (Å²) in [6.45, 7) is 0.638. The van der Waals surface area contributed by atoms with Gasteiger partial charge in [-0.3, -0.25) is 0 Å². The fourth-order valence-corrected chi connectivity index (χ4v) is 1.55. The van der Waals surface area contributed by atoms with Gasteiger partial charge in [0.05, 0.1) is 12.8 Å². The molecule has 0 aliphatic heterocycles. The van der Waals surface area contributed by atoms with Crippen molar-refractivity contribution in [3.8, 4) is 11.1 Å². The maximum atomic E-state index is 13.0. The lowest BCUT2D eigenvalue weighted by atomic mass is 10.1. The fourth-order valence-electron chi connectivity index (χ4n) is 1.55. The Morgan fingerprint density at radius 1 is 1.33 bits per heavy atom. The highest BCUT2D eigenvalue weighted by atomic mass is 19.1. The van der Waals surface area contributed by atoms with Crippen LogP contribution in [0.4, 0.5) is 4.39 Å². The molecule has 2 rings (SSSR count). The van der Waals surface area contributed by atoms with E-state index in [1.54, 1.807) is 12.3 Å². The smallest absolute Gasteiger partial charge is 0.125 e. The molecule has 1 aromatic heterocycles. The number of furan rings is 1. The highest BCUT2D eigenvalue weighted by Crippen LogP contribution is 2.25. The van der Waals surface area contributed by atoms with E-state index in [1.807, 2.05) is 19.2 Å². The lowest BCUT2D eigenvalue weighted by Crippen LogP contribution is -2.04. The van der Waals surface area contributed by atoms with Gasteiger partial charge in [0.2, 0.25) is 0 Å². The first-order chi connectivity index (χ1) is 7.31. The first-order valence-electron chi connectivity index (χ1n) is 4.78. The van der Waals surface area contributed by atoms with Crippen LogP contribution in [0.2, 0.25) is 0 Å². The molecule has 2 aromatic rings. The van der Waals surface area contributed by atoms with Crippen LogP contribution in [-0.2, 0) is 6.54 Å². The zero-order valence-corrected chi connectivity index (χ0v) is 8.46. The van der Waals surface area contributed by atoms with Gasteiger partial charge in [-0.25, -0.2) is 4.39 Å². The van der Waals surface area contributed by atoms with Gasteiger partial charge in [-0.2, -0.15) is 0 Å².